The molecule has 2 N–H and O–H groups in total. The molecule has 6 nitrogen and oxygen atoms in total. The van der Waals surface area contributed by atoms with Gasteiger partial charge in [0.15, 0.2) is 5.82 Å². The molecular weight excluding hydrogens is 222 g/mol. The van der Waals surface area contributed by atoms with Gasteiger partial charge in [-0.25, -0.2) is 0 Å². The first-order valence-electron chi connectivity index (χ1n) is 5.57. The summed E-state index contributed by atoms with van der Waals surface area (Å²) in [5, 5.41) is 15.5. The number of rotatable bonds is 6. The highest BCUT2D eigenvalue weighted by Crippen LogP contribution is 2.07. The predicted molar refractivity (Wildman–Crippen MR) is 63.7 cm³/mol. The van der Waals surface area contributed by atoms with Crippen LogP contribution < -0.4 is 5.32 Å². The summed E-state index contributed by atoms with van der Waals surface area (Å²) in [6.07, 6.45) is -0.0315. The van der Waals surface area contributed by atoms with Gasteiger partial charge in [-0.15, -0.1) is 0 Å². The molecule has 1 aromatic rings. The van der Waals surface area contributed by atoms with Crippen LogP contribution >= 0.6 is 0 Å². The highest BCUT2D eigenvalue weighted by atomic mass is 16.5. The summed E-state index contributed by atoms with van der Waals surface area (Å²) in [5.74, 6) is 0.980. The van der Waals surface area contributed by atoms with Crippen molar-refractivity contribution < 1.29 is 14.4 Å². The molecule has 0 aliphatic heterocycles. The smallest absolute Gasteiger partial charge is 0.226 e. The van der Waals surface area contributed by atoms with Crippen molar-refractivity contribution in [1.82, 2.24) is 10.1 Å². The first kappa shape index (κ1) is 13.7. The summed E-state index contributed by atoms with van der Waals surface area (Å²) in [6.45, 7) is 4.62. The normalized spacial score (nSPS) is 12.8. The molecule has 0 saturated heterocycles. The molecule has 0 aliphatic rings. The van der Waals surface area contributed by atoms with Gasteiger partial charge in [0.2, 0.25) is 5.91 Å². The van der Waals surface area contributed by atoms with Crippen LogP contribution in [0.3, 0.4) is 0 Å². The lowest BCUT2D eigenvalue weighted by molar-refractivity contribution is -0.116. The summed E-state index contributed by atoms with van der Waals surface area (Å²) in [5.41, 5.74) is 0. The van der Waals surface area contributed by atoms with Crippen LogP contribution in [0.1, 0.15) is 19.1 Å². The molecule has 0 aromatic carbocycles. The van der Waals surface area contributed by atoms with Gasteiger partial charge in [-0.3, -0.25) is 4.79 Å². The zero-order chi connectivity index (χ0) is 12.8. The van der Waals surface area contributed by atoms with E-state index in [-0.39, 0.29) is 12.0 Å². The van der Waals surface area contributed by atoms with Gasteiger partial charge in [0.1, 0.15) is 5.76 Å². The van der Waals surface area contributed by atoms with Crippen LogP contribution in [0, 0.1) is 6.92 Å². The molecule has 0 saturated carbocycles. The quantitative estimate of drug-likeness (QED) is 0.763. The fraction of sp³-hybridized carbons (Fsp3) is 0.636. The first-order valence-corrected chi connectivity index (χ1v) is 5.57. The molecule has 1 amide bonds. The first-order chi connectivity index (χ1) is 7.97. The van der Waals surface area contributed by atoms with E-state index in [1.165, 1.54) is 0 Å². The van der Waals surface area contributed by atoms with Crippen molar-refractivity contribution in [2.75, 3.05) is 25.5 Å². The summed E-state index contributed by atoms with van der Waals surface area (Å²) in [7, 11) is 1.86. The molecule has 0 bridgehead atoms. The molecule has 1 unspecified atom stereocenters. The molecule has 1 heterocycles. The molecule has 1 atom stereocenters. The van der Waals surface area contributed by atoms with E-state index in [2.05, 4.69) is 10.5 Å². The number of aromatic nitrogens is 1. The zero-order valence-electron chi connectivity index (χ0n) is 10.4. The average molecular weight is 241 g/mol. The van der Waals surface area contributed by atoms with Gasteiger partial charge < -0.3 is 19.8 Å². The molecule has 0 spiro atoms. The molecule has 0 radical (unpaired) electrons. The Bertz CT molecular complexity index is 363. The van der Waals surface area contributed by atoms with Gasteiger partial charge in [-0.1, -0.05) is 5.16 Å². The number of aliphatic hydroxyl groups is 1. The van der Waals surface area contributed by atoms with Crippen molar-refractivity contribution in [3.8, 4) is 0 Å². The van der Waals surface area contributed by atoms with Crippen molar-refractivity contribution >= 4 is 11.7 Å². The van der Waals surface area contributed by atoms with E-state index >= 15 is 0 Å². The average Bonchev–Trinajstić information content (AvgIpc) is 2.60. The Morgan fingerprint density at radius 1 is 1.71 bits per heavy atom. The van der Waals surface area contributed by atoms with Gasteiger partial charge in [-0.05, 0) is 20.9 Å². The summed E-state index contributed by atoms with van der Waals surface area (Å²) in [6, 6.07) is 1.66. The fourth-order valence-corrected chi connectivity index (χ4v) is 1.47. The Morgan fingerprint density at radius 2 is 2.41 bits per heavy atom. The second-order valence-corrected chi connectivity index (χ2v) is 4.23. The number of hydrogen-bond donors (Lipinski definition) is 2. The molecule has 96 valence electrons. The fourth-order valence-electron chi connectivity index (χ4n) is 1.47. The van der Waals surface area contributed by atoms with Crippen molar-refractivity contribution in [1.29, 1.82) is 0 Å². The number of carbonyl (C=O) groups is 1. The van der Waals surface area contributed by atoms with Crippen molar-refractivity contribution in [2.24, 2.45) is 0 Å². The van der Waals surface area contributed by atoms with Gasteiger partial charge in [0.25, 0.3) is 0 Å². The molecule has 0 aliphatic carbocycles. The van der Waals surface area contributed by atoms with Gasteiger partial charge in [0, 0.05) is 25.6 Å². The van der Waals surface area contributed by atoms with Crippen LogP contribution in [0.2, 0.25) is 0 Å². The minimum absolute atomic E-state index is 0.115. The summed E-state index contributed by atoms with van der Waals surface area (Å²) >= 11 is 0. The summed E-state index contributed by atoms with van der Waals surface area (Å²) in [4.78, 5) is 13.4. The second kappa shape index (κ2) is 6.36. The van der Waals surface area contributed by atoms with Crippen LogP contribution in [-0.2, 0) is 4.79 Å². The molecule has 6 heteroatoms. The molecule has 0 fully saturated rings. The van der Waals surface area contributed by atoms with E-state index in [0.717, 1.165) is 0 Å². The van der Waals surface area contributed by atoms with E-state index in [9.17, 15) is 4.79 Å². The van der Waals surface area contributed by atoms with E-state index in [0.29, 0.717) is 31.1 Å². The number of hydrogen-bond acceptors (Lipinski definition) is 5. The number of nitrogens with one attached hydrogen (secondary N) is 1. The maximum atomic E-state index is 11.5. The SMILES string of the molecule is Cc1cc(NC(=O)CCN(C)CC(C)O)no1. The zero-order valence-corrected chi connectivity index (χ0v) is 10.4. The van der Waals surface area contributed by atoms with Crippen LogP contribution in [0.5, 0.6) is 0 Å². The van der Waals surface area contributed by atoms with E-state index in [1.54, 1.807) is 19.9 Å². The van der Waals surface area contributed by atoms with Crippen LogP contribution in [0.15, 0.2) is 10.6 Å². The second-order valence-electron chi connectivity index (χ2n) is 4.23. The van der Waals surface area contributed by atoms with Crippen LogP contribution in [-0.4, -0.2) is 47.3 Å². The topological polar surface area (TPSA) is 78.6 Å². The number of amides is 1. The molecule has 17 heavy (non-hydrogen) atoms. The number of aryl methyl sites for hydroxylation is 1. The lowest BCUT2D eigenvalue weighted by Gasteiger charge is -2.17. The van der Waals surface area contributed by atoms with Crippen molar-refractivity contribution in [2.45, 2.75) is 26.4 Å². The number of nitrogens with zero attached hydrogens (tertiary/aromatic N) is 2. The van der Waals surface area contributed by atoms with Gasteiger partial charge in [-0.2, -0.15) is 0 Å². The summed E-state index contributed by atoms with van der Waals surface area (Å²) < 4.78 is 4.84. The minimum atomic E-state index is -0.388. The number of anilines is 1. The highest BCUT2D eigenvalue weighted by molar-refractivity contribution is 5.89. The lowest BCUT2D eigenvalue weighted by atomic mass is 10.3. The van der Waals surface area contributed by atoms with Gasteiger partial charge >= 0.3 is 0 Å². The van der Waals surface area contributed by atoms with E-state index in [4.69, 9.17) is 9.63 Å². The van der Waals surface area contributed by atoms with E-state index in [1.807, 2.05) is 11.9 Å². The number of aliphatic hydroxyl groups excluding tert-OH is 1. The molecular formula is C11H19N3O3. The minimum Gasteiger partial charge on any atom is -0.392 e. The van der Waals surface area contributed by atoms with Crippen molar-refractivity contribution in [3.05, 3.63) is 11.8 Å². The third kappa shape index (κ3) is 5.46. The molecule has 1 rings (SSSR count). The van der Waals surface area contributed by atoms with Crippen LogP contribution in [0.25, 0.3) is 0 Å². The number of likely N-dealkylation sites (N-methyl/N-ethyl adjacent to an activating group) is 1. The standard InChI is InChI=1S/C11H19N3O3/c1-8(15)7-14(3)5-4-11(16)12-10-6-9(2)17-13-10/h6,8,15H,4-5,7H2,1-3H3,(H,12,13,16). The Labute approximate surface area is 101 Å². The highest BCUT2D eigenvalue weighted by Gasteiger charge is 2.08. The Hall–Kier alpha value is -1.40. The number of carbonyl (C=O) groups excluding carboxylic acids is 1. The maximum Gasteiger partial charge on any atom is 0.226 e. The van der Waals surface area contributed by atoms with E-state index < -0.39 is 0 Å². The largest absolute Gasteiger partial charge is 0.392 e. The Kier molecular flexibility index (Phi) is 5.11. The van der Waals surface area contributed by atoms with Gasteiger partial charge in [0.05, 0.1) is 6.10 Å². The predicted octanol–water partition coefficient (Wildman–Crippen LogP) is 0.624. The monoisotopic (exact) mass is 241 g/mol. The molecule has 1 aromatic heterocycles. The van der Waals surface area contributed by atoms with Crippen molar-refractivity contribution in [3.63, 3.8) is 0 Å². The van der Waals surface area contributed by atoms with Crippen LogP contribution in [0.4, 0.5) is 5.82 Å². The lowest BCUT2D eigenvalue weighted by Crippen LogP contribution is -2.30. The maximum absolute atomic E-state index is 11.5. The Morgan fingerprint density at radius 3 is 2.94 bits per heavy atom. The Balaban J connectivity index is 2.26. The third-order valence-electron chi connectivity index (χ3n) is 2.19. The third-order valence-corrected chi connectivity index (χ3v) is 2.19.